The average Bonchev–Trinajstić information content (AvgIpc) is 3.36. The second-order valence-corrected chi connectivity index (χ2v) is 9.48. The van der Waals surface area contributed by atoms with Crippen molar-refractivity contribution in [2.24, 2.45) is 0 Å². The zero-order valence-electron chi connectivity index (χ0n) is 16.6. The van der Waals surface area contributed by atoms with Crippen LogP contribution in [-0.4, -0.2) is 53.8 Å². The normalized spacial score (nSPS) is 17.1. The quantitative estimate of drug-likeness (QED) is 0.515. The highest BCUT2D eigenvalue weighted by Gasteiger charge is 2.30. The fraction of sp³-hybridized carbons (Fsp3) is 0.273. The number of carbonyl (C=O) groups excluding carboxylic acids is 3. The Labute approximate surface area is 191 Å². The van der Waals surface area contributed by atoms with E-state index in [9.17, 15) is 14.4 Å². The SMILES string of the molecule is O=C(c1ccc(N2C(=O)CCC2=O)cc1)N1CCN(c2nc3ccc(Br)cc3s2)CC1. The maximum atomic E-state index is 12.9. The van der Waals surface area contributed by atoms with Crippen LogP contribution >= 0.6 is 27.3 Å². The van der Waals surface area contributed by atoms with Crippen LogP contribution in [0.4, 0.5) is 10.8 Å². The van der Waals surface area contributed by atoms with Crippen LogP contribution in [0.15, 0.2) is 46.9 Å². The summed E-state index contributed by atoms with van der Waals surface area (Å²) in [5.41, 5.74) is 2.06. The number of fused-ring (bicyclic) bond motifs is 1. The van der Waals surface area contributed by atoms with Gasteiger partial charge >= 0.3 is 0 Å². The number of anilines is 2. The number of halogens is 1. The van der Waals surface area contributed by atoms with Gasteiger partial charge in [0.15, 0.2) is 5.13 Å². The van der Waals surface area contributed by atoms with Crippen molar-refractivity contribution < 1.29 is 14.4 Å². The second kappa shape index (κ2) is 8.05. The Hall–Kier alpha value is -2.78. The minimum atomic E-state index is -0.192. The molecule has 31 heavy (non-hydrogen) atoms. The third-order valence-electron chi connectivity index (χ3n) is 5.60. The summed E-state index contributed by atoms with van der Waals surface area (Å²) in [4.78, 5) is 46.7. The van der Waals surface area contributed by atoms with Crippen LogP contribution in [0.1, 0.15) is 23.2 Å². The van der Waals surface area contributed by atoms with Crippen molar-refractivity contribution in [1.82, 2.24) is 9.88 Å². The van der Waals surface area contributed by atoms with Crippen LogP contribution in [0.5, 0.6) is 0 Å². The lowest BCUT2D eigenvalue weighted by Gasteiger charge is -2.34. The van der Waals surface area contributed by atoms with E-state index in [1.165, 1.54) is 4.90 Å². The number of nitrogens with zero attached hydrogens (tertiary/aromatic N) is 4. The minimum absolute atomic E-state index is 0.0431. The molecular weight excluding hydrogens is 480 g/mol. The summed E-state index contributed by atoms with van der Waals surface area (Å²) in [5.74, 6) is -0.427. The Bertz CT molecular complexity index is 1170. The molecule has 2 aromatic carbocycles. The maximum Gasteiger partial charge on any atom is 0.253 e. The predicted octanol–water partition coefficient (Wildman–Crippen LogP) is 3.67. The molecule has 0 saturated carbocycles. The molecule has 1 aromatic heterocycles. The van der Waals surface area contributed by atoms with E-state index in [2.05, 4.69) is 26.9 Å². The smallest absolute Gasteiger partial charge is 0.253 e. The predicted molar refractivity (Wildman–Crippen MR) is 124 cm³/mol. The lowest BCUT2D eigenvalue weighted by Crippen LogP contribution is -2.48. The largest absolute Gasteiger partial charge is 0.345 e. The standard InChI is InChI=1S/C22H19BrN4O3S/c23-15-3-6-17-18(13-15)31-22(24-17)26-11-9-25(10-12-26)21(30)14-1-4-16(5-2-14)27-19(28)7-8-20(27)29/h1-6,13H,7-12H2. The minimum Gasteiger partial charge on any atom is -0.345 e. The van der Waals surface area contributed by atoms with Gasteiger partial charge in [0.05, 0.1) is 15.9 Å². The van der Waals surface area contributed by atoms with Gasteiger partial charge in [-0.15, -0.1) is 0 Å². The zero-order valence-corrected chi connectivity index (χ0v) is 19.0. The number of hydrogen-bond acceptors (Lipinski definition) is 6. The number of carbonyl (C=O) groups is 3. The number of aromatic nitrogens is 1. The molecule has 0 bridgehead atoms. The first kappa shape index (κ1) is 20.1. The Morgan fingerprint density at radius 2 is 1.61 bits per heavy atom. The van der Waals surface area contributed by atoms with Gasteiger partial charge in [-0.25, -0.2) is 4.98 Å². The molecule has 5 rings (SSSR count). The third-order valence-corrected chi connectivity index (χ3v) is 7.17. The van der Waals surface area contributed by atoms with Crippen LogP contribution in [0.3, 0.4) is 0 Å². The number of thiazole rings is 1. The van der Waals surface area contributed by atoms with Gasteiger partial charge in [-0.2, -0.15) is 0 Å². The van der Waals surface area contributed by atoms with E-state index in [-0.39, 0.29) is 30.6 Å². The van der Waals surface area contributed by atoms with Crippen molar-refractivity contribution >= 4 is 66.0 Å². The zero-order chi connectivity index (χ0) is 21.5. The summed E-state index contributed by atoms with van der Waals surface area (Å²) >= 11 is 5.16. The molecule has 7 nitrogen and oxygen atoms in total. The molecule has 3 amide bonds. The number of rotatable bonds is 3. The Morgan fingerprint density at radius 1 is 0.935 bits per heavy atom. The Morgan fingerprint density at radius 3 is 2.29 bits per heavy atom. The molecule has 3 aromatic rings. The number of hydrogen-bond donors (Lipinski definition) is 0. The summed E-state index contributed by atoms with van der Waals surface area (Å²) in [6.45, 7) is 2.68. The second-order valence-electron chi connectivity index (χ2n) is 7.56. The molecule has 0 N–H and O–H groups in total. The van der Waals surface area contributed by atoms with E-state index in [1.54, 1.807) is 35.6 Å². The lowest BCUT2D eigenvalue weighted by molar-refractivity contribution is -0.121. The van der Waals surface area contributed by atoms with E-state index in [0.717, 1.165) is 32.9 Å². The summed E-state index contributed by atoms with van der Waals surface area (Å²) in [6, 6.07) is 12.8. The fourth-order valence-electron chi connectivity index (χ4n) is 3.92. The van der Waals surface area contributed by atoms with Crippen LogP contribution in [0.2, 0.25) is 0 Å². The monoisotopic (exact) mass is 498 g/mol. The van der Waals surface area contributed by atoms with Gasteiger partial charge in [0, 0.05) is 49.1 Å². The van der Waals surface area contributed by atoms with Crippen LogP contribution in [0, 0.1) is 0 Å². The van der Waals surface area contributed by atoms with Crippen LogP contribution in [0.25, 0.3) is 10.2 Å². The van der Waals surface area contributed by atoms with Crippen LogP contribution < -0.4 is 9.80 Å². The molecule has 9 heteroatoms. The number of benzene rings is 2. The van der Waals surface area contributed by atoms with Crippen molar-refractivity contribution in [2.75, 3.05) is 36.0 Å². The first-order valence-corrected chi connectivity index (χ1v) is 11.7. The molecule has 0 atom stereocenters. The Kier molecular flexibility index (Phi) is 5.23. The molecule has 2 aliphatic heterocycles. The van der Waals surface area contributed by atoms with Crippen molar-refractivity contribution in [3.8, 4) is 0 Å². The number of imide groups is 1. The number of amides is 3. The topological polar surface area (TPSA) is 73.8 Å². The van der Waals surface area contributed by atoms with Gasteiger partial charge < -0.3 is 9.80 Å². The summed E-state index contributed by atoms with van der Waals surface area (Å²) in [6.07, 6.45) is 0.492. The van der Waals surface area contributed by atoms with Crippen LogP contribution in [-0.2, 0) is 9.59 Å². The highest BCUT2D eigenvalue weighted by molar-refractivity contribution is 9.10. The molecule has 3 heterocycles. The third kappa shape index (κ3) is 3.83. The molecule has 2 saturated heterocycles. The summed E-state index contributed by atoms with van der Waals surface area (Å²) < 4.78 is 2.17. The van der Waals surface area contributed by atoms with Gasteiger partial charge in [-0.05, 0) is 42.5 Å². The first-order valence-electron chi connectivity index (χ1n) is 10.1. The molecule has 158 valence electrons. The highest BCUT2D eigenvalue weighted by Crippen LogP contribution is 2.31. The van der Waals surface area contributed by atoms with Crippen molar-refractivity contribution in [3.05, 3.63) is 52.5 Å². The van der Waals surface area contributed by atoms with E-state index < -0.39 is 0 Å². The Balaban J connectivity index is 1.24. The number of piperazine rings is 1. The maximum absolute atomic E-state index is 12.9. The van der Waals surface area contributed by atoms with E-state index >= 15 is 0 Å². The van der Waals surface area contributed by atoms with Gasteiger partial charge in [-0.3, -0.25) is 19.3 Å². The highest BCUT2D eigenvalue weighted by atomic mass is 79.9. The van der Waals surface area contributed by atoms with Gasteiger partial charge in [0.1, 0.15) is 0 Å². The fourth-order valence-corrected chi connectivity index (χ4v) is 5.49. The van der Waals surface area contributed by atoms with Gasteiger partial charge in [-0.1, -0.05) is 27.3 Å². The van der Waals surface area contributed by atoms with E-state index in [1.807, 2.05) is 17.0 Å². The molecule has 0 unspecified atom stereocenters. The molecule has 0 spiro atoms. The van der Waals surface area contributed by atoms with Gasteiger partial charge in [0.2, 0.25) is 11.8 Å². The summed E-state index contributed by atoms with van der Waals surface area (Å²) in [5, 5.41) is 0.976. The molecule has 0 radical (unpaired) electrons. The van der Waals surface area contributed by atoms with Crippen molar-refractivity contribution in [2.45, 2.75) is 12.8 Å². The van der Waals surface area contributed by atoms with E-state index in [4.69, 9.17) is 4.98 Å². The molecule has 2 fully saturated rings. The summed E-state index contributed by atoms with van der Waals surface area (Å²) in [7, 11) is 0. The average molecular weight is 499 g/mol. The molecule has 2 aliphatic rings. The van der Waals surface area contributed by atoms with Crippen molar-refractivity contribution in [3.63, 3.8) is 0 Å². The lowest BCUT2D eigenvalue weighted by atomic mass is 10.1. The molecular formula is C22H19BrN4O3S. The molecule has 0 aliphatic carbocycles. The van der Waals surface area contributed by atoms with Gasteiger partial charge in [0.25, 0.3) is 5.91 Å². The van der Waals surface area contributed by atoms with E-state index in [0.29, 0.717) is 24.3 Å². The first-order chi connectivity index (χ1) is 15.0. The van der Waals surface area contributed by atoms with Crippen molar-refractivity contribution in [1.29, 1.82) is 0 Å².